The third-order valence-corrected chi connectivity index (χ3v) is 0. The maximum atomic E-state index is 5.74. The van der Waals surface area contributed by atoms with Gasteiger partial charge in [-0.15, -0.1) is 0 Å². The Balaban J connectivity index is 0. The van der Waals surface area contributed by atoms with Crippen molar-refractivity contribution in [3.8, 4) is 0 Å². The number of nitrogens with one attached hydrogen (secondary N) is 1. The van der Waals surface area contributed by atoms with E-state index >= 15 is 0 Å². The SMILES string of the molecule is N=[C-]N.[Fe]. The van der Waals surface area contributed by atoms with E-state index in [9.17, 15) is 0 Å². The molecule has 0 saturated heterocycles. The topological polar surface area (TPSA) is 49.9 Å². The van der Waals surface area contributed by atoms with Gasteiger partial charge in [0.05, 0.1) is 0 Å². The van der Waals surface area contributed by atoms with Gasteiger partial charge in [0.2, 0.25) is 0 Å². The summed E-state index contributed by atoms with van der Waals surface area (Å²) in [5, 5.41) is 5.74. The summed E-state index contributed by atoms with van der Waals surface area (Å²) >= 11 is 0. The van der Waals surface area contributed by atoms with Crippen LogP contribution in [0, 0.1) is 5.41 Å². The van der Waals surface area contributed by atoms with Crippen molar-refractivity contribution < 1.29 is 17.1 Å². The van der Waals surface area contributed by atoms with Gasteiger partial charge in [0.15, 0.2) is 0 Å². The van der Waals surface area contributed by atoms with Crippen molar-refractivity contribution in [3.05, 3.63) is 0 Å². The van der Waals surface area contributed by atoms with Crippen molar-refractivity contribution in [2.24, 2.45) is 5.73 Å². The summed E-state index contributed by atoms with van der Waals surface area (Å²) in [4.78, 5) is 0. The van der Waals surface area contributed by atoms with Crippen LogP contribution in [0.5, 0.6) is 0 Å². The van der Waals surface area contributed by atoms with E-state index in [0.29, 0.717) is 0 Å². The summed E-state index contributed by atoms with van der Waals surface area (Å²) in [6, 6.07) is 0. The quantitative estimate of drug-likeness (QED) is 0.138. The molecule has 0 bridgehead atoms. The Morgan fingerprint density at radius 3 is 1.75 bits per heavy atom. The van der Waals surface area contributed by atoms with Gasteiger partial charge in [0.25, 0.3) is 0 Å². The molecule has 26 valence electrons. The predicted octanol–water partition coefficient (Wildman–Crippen LogP) is -0.573. The van der Waals surface area contributed by atoms with E-state index < -0.39 is 0 Å². The fraction of sp³-hybridized carbons (Fsp3) is 0. The molecule has 3 heteroatoms. The molecule has 0 amide bonds. The molecule has 0 spiro atoms. The zero-order valence-electron chi connectivity index (χ0n) is 1.93. The first-order chi connectivity index (χ1) is 1.41. The molecular formula is CH3FeN2-. The number of hydrogen-bond acceptors (Lipinski definition) is 1. The van der Waals surface area contributed by atoms with Gasteiger partial charge < -0.3 is 17.5 Å². The van der Waals surface area contributed by atoms with Crippen molar-refractivity contribution in [3.63, 3.8) is 0 Å². The molecule has 0 radical (unpaired) electrons. The summed E-state index contributed by atoms with van der Waals surface area (Å²) in [7, 11) is 0. The predicted molar refractivity (Wildman–Crippen MR) is 11.9 cm³/mol. The third-order valence-electron chi connectivity index (χ3n) is 0. The fourth-order valence-corrected chi connectivity index (χ4v) is 0. The molecule has 0 aliphatic rings. The van der Waals surface area contributed by atoms with E-state index in [-0.39, 0.29) is 17.1 Å². The van der Waals surface area contributed by atoms with Crippen LogP contribution in [0.3, 0.4) is 0 Å². The minimum atomic E-state index is 0. The summed E-state index contributed by atoms with van der Waals surface area (Å²) in [5.74, 6) is 0. The number of hydrogen-bond donors (Lipinski definition) is 2. The first-order valence-corrected chi connectivity index (χ1v) is 0.539. The normalized spacial score (nSPS) is 3.00. The smallest absolute Gasteiger partial charge is 0 e. The average molecular weight is 98.9 g/mol. The van der Waals surface area contributed by atoms with E-state index in [0.717, 1.165) is 0 Å². The molecule has 0 aromatic carbocycles. The van der Waals surface area contributed by atoms with Crippen LogP contribution in [-0.4, -0.2) is 6.34 Å². The van der Waals surface area contributed by atoms with Crippen molar-refractivity contribution in [2.45, 2.75) is 0 Å². The number of nitrogens with two attached hydrogens (primary N) is 1. The second-order valence-corrected chi connectivity index (χ2v) is 0.144. The van der Waals surface area contributed by atoms with Crippen molar-refractivity contribution in [1.29, 1.82) is 5.41 Å². The zero-order valence-corrected chi connectivity index (χ0v) is 3.04. The van der Waals surface area contributed by atoms with Crippen LogP contribution in [0.1, 0.15) is 0 Å². The van der Waals surface area contributed by atoms with Crippen LogP contribution < -0.4 is 5.73 Å². The minimum absolute atomic E-state index is 0. The fourth-order valence-electron chi connectivity index (χ4n) is 0. The van der Waals surface area contributed by atoms with Gasteiger partial charge in [-0.1, -0.05) is 0 Å². The first-order valence-electron chi connectivity index (χ1n) is 0.539. The first kappa shape index (κ1) is 9.01. The molecule has 3 N–H and O–H groups in total. The maximum absolute atomic E-state index is 5.74. The van der Waals surface area contributed by atoms with Gasteiger partial charge in [0, 0.05) is 17.1 Å². The van der Waals surface area contributed by atoms with E-state index in [1.165, 1.54) is 6.34 Å². The van der Waals surface area contributed by atoms with Gasteiger partial charge in [-0.2, -0.15) is 0 Å². The molecule has 0 aromatic rings. The van der Waals surface area contributed by atoms with E-state index in [1.807, 2.05) is 0 Å². The Morgan fingerprint density at radius 2 is 1.75 bits per heavy atom. The van der Waals surface area contributed by atoms with Crippen LogP contribution >= 0.6 is 0 Å². The summed E-state index contributed by atoms with van der Waals surface area (Å²) < 4.78 is 0. The Hall–Kier alpha value is -0.0105. The molecule has 0 atom stereocenters. The molecule has 2 nitrogen and oxygen atoms in total. The van der Waals surface area contributed by atoms with Crippen molar-refractivity contribution in [1.82, 2.24) is 0 Å². The number of rotatable bonds is 0. The molecule has 0 aromatic heterocycles. The third kappa shape index (κ3) is 17600. The van der Waals surface area contributed by atoms with E-state index in [4.69, 9.17) is 5.41 Å². The molecular weight excluding hydrogens is 95.9 g/mol. The second-order valence-electron chi connectivity index (χ2n) is 0.144. The summed E-state index contributed by atoms with van der Waals surface area (Å²) in [5.41, 5.74) is 4.26. The van der Waals surface area contributed by atoms with Crippen molar-refractivity contribution >= 4 is 6.34 Å². The second kappa shape index (κ2) is 12.1. The van der Waals surface area contributed by atoms with Crippen LogP contribution in [0.4, 0.5) is 0 Å². The summed E-state index contributed by atoms with van der Waals surface area (Å²) in [6.45, 7) is 0. The van der Waals surface area contributed by atoms with Crippen LogP contribution in [-0.2, 0) is 17.1 Å². The molecule has 0 fully saturated rings. The monoisotopic (exact) mass is 99.0 g/mol. The minimum Gasteiger partial charge on any atom is -0.563 e. The van der Waals surface area contributed by atoms with E-state index in [1.54, 1.807) is 0 Å². The zero-order chi connectivity index (χ0) is 2.71. The average Bonchev–Trinajstić information content (AvgIpc) is 0.918. The van der Waals surface area contributed by atoms with Crippen molar-refractivity contribution in [2.75, 3.05) is 0 Å². The van der Waals surface area contributed by atoms with Gasteiger partial charge in [-0.3, -0.25) is 0 Å². The Labute approximate surface area is 35.4 Å². The molecule has 0 aliphatic carbocycles. The molecule has 4 heavy (non-hydrogen) atoms. The standard InChI is InChI=1S/CH3N2.Fe/c2-1-3;/h(H3,2,3);/q-1;. The van der Waals surface area contributed by atoms with Gasteiger partial charge in [-0.05, 0) is 0 Å². The van der Waals surface area contributed by atoms with Crippen LogP contribution in [0.2, 0.25) is 0 Å². The Bertz CT molecular complexity index is 13.5. The Kier molecular flexibility index (Phi) is 27.2. The largest absolute Gasteiger partial charge is 0.563 e. The van der Waals surface area contributed by atoms with Gasteiger partial charge >= 0.3 is 0 Å². The molecule has 0 aliphatic heterocycles. The molecule has 0 rings (SSSR count). The summed E-state index contributed by atoms with van der Waals surface area (Å²) in [6.07, 6.45) is 1.50. The molecule has 0 unspecified atom stereocenters. The maximum Gasteiger partial charge on any atom is 0 e. The van der Waals surface area contributed by atoms with Gasteiger partial charge in [-0.25, -0.2) is 0 Å². The van der Waals surface area contributed by atoms with E-state index in [2.05, 4.69) is 5.73 Å². The molecule has 0 heterocycles. The van der Waals surface area contributed by atoms with Crippen LogP contribution in [0.25, 0.3) is 0 Å². The molecule has 0 saturated carbocycles. The van der Waals surface area contributed by atoms with Crippen LogP contribution in [0.15, 0.2) is 0 Å². The Morgan fingerprint density at radius 1 is 1.75 bits per heavy atom. The van der Waals surface area contributed by atoms with Gasteiger partial charge in [0.1, 0.15) is 0 Å².